The minimum Gasteiger partial charge on any atom is -0.495 e. The van der Waals surface area contributed by atoms with E-state index in [1.165, 1.54) is 23.9 Å². The Balaban J connectivity index is 1.81. The Morgan fingerprint density at radius 1 is 1.04 bits per heavy atom. The van der Waals surface area contributed by atoms with E-state index in [0.29, 0.717) is 18.0 Å². The van der Waals surface area contributed by atoms with Crippen molar-refractivity contribution in [2.24, 2.45) is 0 Å². The number of hydrogen-bond acceptors (Lipinski definition) is 4. The number of rotatable bonds is 6. The molecular formula is C21H21N3O4. The standard InChI is InChI=1S/C21H21N3O4/c1-15-7-9-16(10-8-15)13-23-12-11-20(26)24(21(23)27)14-19(25)22-17-5-3-4-6-18(17)28-2/h3-12H,13-14H2,1-2H3,(H,22,25). The second-order valence-electron chi connectivity index (χ2n) is 6.38. The lowest BCUT2D eigenvalue weighted by Crippen LogP contribution is -2.41. The summed E-state index contributed by atoms with van der Waals surface area (Å²) in [5.74, 6) is 0.00447. The summed E-state index contributed by atoms with van der Waals surface area (Å²) in [7, 11) is 1.50. The molecule has 1 aromatic heterocycles. The van der Waals surface area contributed by atoms with Crippen LogP contribution in [-0.2, 0) is 17.9 Å². The molecule has 1 amide bonds. The number of para-hydroxylation sites is 2. The first-order chi connectivity index (χ1) is 13.5. The van der Waals surface area contributed by atoms with Gasteiger partial charge in [0.1, 0.15) is 12.3 Å². The van der Waals surface area contributed by atoms with Crippen molar-refractivity contribution in [1.82, 2.24) is 9.13 Å². The van der Waals surface area contributed by atoms with Gasteiger partial charge in [-0.1, -0.05) is 42.0 Å². The predicted molar refractivity (Wildman–Crippen MR) is 107 cm³/mol. The van der Waals surface area contributed by atoms with E-state index in [4.69, 9.17) is 4.74 Å². The van der Waals surface area contributed by atoms with Crippen molar-refractivity contribution in [3.05, 3.63) is 92.8 Å². The van der Waals surface area contributed by atoms with Crippen LogP contribution in [0.3, 0.4) is 0 Å². The second kappa shape index (κ2) is 8.39. The van der Waals surface area contributed by atoms with Crippen LogP contribution in [0.15, 0.2) is 70.4 Å². The molecule has 0 fully saturated rings. The molecule has 144 valence electrons. The van der Waals surface area contributed by atoms with Gasteiger partial charge < -0.3 is 10.1 Å². The fourth-order valence-electron chi connectivity index (χ4n) is 2.79. The fraction of sp³-hybridized carbons (Fsp3) is 0.190. The zero-order valence-corrected chi connectivity index (χ0v) is 15.7. The third kappa shape index (κ3) is 4.37. The van der Waals surface area contributed by atoms with Gasteiger partial charge >= 0.3 is 5.69 Å². The van der Waals surface area contributed by atoms with Gasteiger partial charge in [0, 0.05) is 12.3 Å². The van der Waals surface area contributed by atoms with Gasteiger partial charge in [0.25, 0.3) is 5.56 Å². The Hall–Kier alpha value is -3.61. The third-order valence-corrected chi connectivity index (χ3v) is 4.30. The van der Waals surface area contributed by atoms with Crippen molar-refractivity contribution in [2.45, 2.75) is 20.0 Å². The van der Waals surface area contributed by atoms with Gasteiger partial charge in [0.15, 0.2) is 0 Å². The molecule has 0 spiro atoms. The summed E-state index contributed by atoms with van der Waals surface area (Å²) in [6, 6.07) is 16.0. The highest BCUT2D eigenvalue weighted by Gasteiger charge is 2.12. The van der Waals surface area contributed by atoms with Crippen LogP contribution in [0.25, 0.3) is 0 Å². The quantitative estimate of drug-likeness (QED) is 0.710. The average Bonchev–Trinajstić information content (AvgIpc) is 2.69. The number of hydrogen-bond donors (Lipinski definition) is 1. The lowest BCUT2D eigenvalue weighted by Gasteiger charge is -2.12. The fourth-order valence-corrected chi connectivity index (χ4v) is 2.79. The topological polar surface area (TPSA) is 82.3 Å². The Labute approximate surface area is 161 Å². The zero-order valence-electron chi connectivity index (χ0n) is 15.7. The lowest BCUT2D eigenvalue weighted by molar-refractivity contribution is -0.116. The van der Waals surface area contributed by atoms with Crippen molar-refractivity contribution < 1.29 is 9.53 Å². The summed E-state index contributed by atoms with van der Waals surface area (Å²) >= 11 is 0. The van der Waals surface area contributed by atoms with Crippen LogP contribution in [0, 0.1) is 6.92 Å². The molecule has 1 N–H and O–H groups in total. The maximum atomic E-state index is 12.7. The summed E-state index contributed by atoms with van der Waals surface area (Å²) < 4.78 is 7.51. The second-order valence-corrected chi connectivity index (χ2v) is 6.38. The number of nitrogens with one attached hydrogen (secondary N) is 1. The van der Waals surface area contributed by atoms with Gasteiger partial charge in [0.2, 0.25) is 5.91 Å². The number of methoxy groups -OCH3 is 1. The van der Waals surface area contributed by atoms with E-state index in [0.717, 1.165) is 15.7 Å². The van der Waals surface area contributed by atoms with Crippen LogP contribution in [0.5, 0.6) is 5.75 Å². The number of aryl methyl sites for hydroxylation is 1. The van der Waals surface area contributed by atoms with Crippen LogP contribution in [-0.4, -0.2) is 22.2 Å². The van der Waals surface area contributed by atoms with Crippen molar-refractivity contribution in [3.8, 4) is 5.75 Å². The van der Waals surface area contributed by atoms with Crippen LogP contribution in [0.4, 0.5) is 5.69 Å². The zero-order chi connectivity index (χ0) is 20.1. The summed E-state index contributed by atoms with van der Waals surface area (Å²) in [5.41, 5.74) is 1.45. The van der Waals surface area contributed by atoms with Crippen LogP contribution < -0.4 is 21.3 Å². The van der Waals surface area contributed by atoms with Crippen molar-refractivity contribution >= 4 is 11.6 Å². The molecule has 3 aromatic rings. The molecule has 0 aliphatic heterocycles. The van der Waals surface area contributed by atoms with E-state index in [-0.39, 0.29) is 6.54 Å². The van der Waals surface area contributed by atoms with Crippen LogP contribution >= 0.6 is 0 Å². The number of nitrogens with zero attached hydrogens (tertiary/aromatic N) is 2. The highest BCUT2D eigenvalue weighted by atomic mass is 16.5. The first-order valence-electron chi connectivity index (χ1n) is 8.76. The number of anilines is 1. The lowest BCUT2D eigenvalue weighted by atomic mass is 10.1. The van der Waals surface area contributed by atoms with Crippen molar-refractivity contribution in [2.75, 3.05) is 12.4 Å². The number of benzene rings is 2. The molecule has 3 rings (SSSR count). The summed E-state index contributed by atoms with van der Waals surface area (Å²) in [4.78, 5) is 37.2. The number of aromatic nitrogens is 2. The van der Waals surface area contributed by atoms with Gasteiger partial charge in [-0.15, -0.1) is 0 Å². The number of carbonyl (C=O) groups is 1. The van der Waals surface area contributed by atoms with E-state index in [1.54, 1.807) is 24.3 Å². The Bertz CT molecular complexity index is 1100. The molecule has 0 aliphatic carbocycles. The predicted octanol–water partition coefficient (Wildman–Crippen LogP) is 2.01. The van der Waals surface area contributed by atoms with E-state index >= 15 is 0 Å². The molecule has 0 atom stereocenters. The van der Waals surface area contributed by atoms with Gasteiger partial charge in [-0.3, -0.25) is 18.7 Å². The molecule has 0 saturated heterocycles. The monoisotopic (exact) mass is 379 g/mol. The summed E-state index contributed by atoms with van der Waals surface area (Å²) in [6.07, 6.45) is 1.44. The normalized spacial score (nSPS) is 10.5. The number of amides is 1. The molecular weight excluding hydrogens is 358 g/mol. The van der Waals surface area contributed by atoms with Crippen LogP contribution in [0.2, 0.25) is 0 Å². The Kier molecular flexibility index (Phi) is 5.74. The maximum absolute atomic E-state index is 12.7. The van der Waals surface area contributed by atoms with Gasteiger partial charge in [-0.25, -0.2) is 4.79 Å². The molecule has 2 aromatic carbocycles. The Morgan fingerprint density at radius 2 is 1.75 bits per heavy atom. The SMILES string of the molecule is COc1ccccc1NC(=O)Cn1c(=O)ccn(Cc2ccc(C)cc2)c1=O. The highest BCUT2D eigenvalue weighted by Crippen LogP contribution is 2.22. The van der Waals surface area contributed by atoms with E-state index in [9.17, 15) is 14.4 Å². The molecule has 1 heterocycles. The first kappa shape index (κ1) is 19.2. The van der Waals surface area contributed by atoms with Gasteiger partial charge in [-0.05, 0) is 24.6 Å². The first-order valence-corrected chi connectivity index (χ1v) is 8.76. The number of carbonyl (C=O) groups excluding carboxylic acids is 1. The number of ether oxygens (including phenoxy) is 1. The molecule has 7 nitrogen and oxygen atoms in total. The molecule has 28 heavy (non-hydrogen) atoms. The average molecular weight is 379 g/mol. The molecule has 7 heteroatoms. The van der Waals surface area contributed by atoms with Gasteiger partial charge in [-0.2, -0.15) is 0 Å². The molecule has 0 bridgehead atoms. The molecule has 0 unspecified atom stereocenters. The Morgan fingerprint density at radius 3 is 2.46 bits per heavy atom. The van der Waals surface area contributed by atoms with E-state index in [2.05, 4.69) is 5.32 Å². The minimum absolute atomic E-state index is 0.313. The minimum atomic E-state index is -0.539. The smallest absolute Gasteiger partial charge is 0.331 e. The summed E-state index contributed by atoms with van der Waals surface area (Å²) in [5, 5.41) is 2.67. The highest BCUT2D eigenvalue weighted by molar-refractivity contribution is 5.92. The summed E-state index contributed by atoms with van der Waals surface area (Å²) in [6.45, 7) is 1.91. The maximum Gasteiger partial charge on any atom is 0.331 e. The third-order valence-electron chi connectivity index (χ3n) is 4.30. The van der Waals surface area contributed by atoms with Gasteiger partial charge in [0.05, 0.1) is 19.3 Å². The molecule has 0 saturated carbocycles. The largest absolute Gasteiger partial charge is 0.495 e. The van der Waals surface area contributed by atoms with E-state index in [1.807, 2.05) is 31.2 Å². The molecule has 0 radical (unpaired) electrons. The van der Waals surface area contributed by atoms with Crippen molar-refractivity contribution in [1.29, 1.82) is 0 Å². The van der Waals surface area contributed by atoms with Crippen LogP contribution in [0.1, 0.15) is 11.1 Å². The molecule has 0 aliphatic rings. The van der Waals surface area contributed by atoms with E-state index < -0.39 is 17.2 Å². The van der Waals surface area contributed by atoms with Crippen molar-refractivity contribution in [3.63, 3.8) is 0 Å².